The molecule has 2 atom stereocenters. The number of carboxylic acid groups (broad SMARTS) is 1. The molecule has 1 saturated heterocycles. The molecule has 1 unspecified atom stereocenters. The Morgan fingerprint density at radius 2 is 2.19 bits per heavy atom. The van der Waals surface area contributed by atoms with Gasteiger partial charge in [-0.2, -0.15) is 0 Å². The number of ether oxygens (including phenoxy) is 2. The van der Waals surface area contributed by atoms with E-state index in [4.69, 9.17) is 9.84 Å². The summed E-state index contributed by atoms with van der Waals surface area (Å²) in [6, 6.07) is -1.83. The molecule has 0 saturated carbocycles. The van der Waals surface area contributed by atoms with Gasteiger partial charge in [-0.05, 0) is 12.8 Å². The summed E-state index contributed by atoms with van der Waals surface area (Å²) in [5.74, 6) is -1.72. The van der Waals surface area contributed by atoms with E-state index in [1.165, 1.54) is 4.90 Å². The van der Waals surface area contributed by atoms with Crippen molar-refractivity contribution in [2.45, 2.75) is 25.3 Å². The minimum atomic E-state index is -1.30. The topological polar surface area (TPSA) is 105 Å². The van der Waals surface area contributed by atoms with E-state index in [2.05, 4.69) is 10.1 Å². The molecule has 1 aliphatic heterocycles. The van der Waals surface area contributed by atoms with Crippen LogP contribution in [0.2, 0.25) is 0 Å². The van der Waals surface area contributed by atoms with E-state index in [0.717, 1.165) is 26.6 Å². The van der Waals surface area contributed by atoms with Gasteiger partial charge in [0.05, 0.1) is 20.1 Å². The molecule has 0 radical (unpaired) electrons. The summed E-state index contributed by atoms with van der Waals surface area (Å²) in [7, 11) is 2.75. The van der Waals surface area contributed by atoms with E-state index in [-0.39, 0.29) is 5.92 Å². The molecule has 2 N–H and O–H groups in total. The van der Waals surface area contributed by atoms with Gasteiger partial charge in [0, 0.05) is 26.1 Å². The van der Waals surface area contributed by atoms with Crippen molar-refractivity contribution in [3.05, 3.63) is 0 Å². The molecule has 0 spiro atoms. The number of nitrogens with one attached hydrogen (secondary N) is 1. The van der Waals surface area contributed by atoms with Gasteiger partial charge in [-0.3, -0.25) is 4.79 Å². The largest absolute Gasteiger partial charge is 0.480 e. The van der Waals surface area contributed by atoms with E-state index in [1.54, 1.807) is 7.05 Å². The fraction of sp³-hybridized carbons (Fsp3) is 0.769. The smallest absolute Gasteiger partial charge is 0.326 e. The first-order chi connectivity index (χ1) is 9.93. The predicted octanol–water partition coefficient (Wildman–Crippen LogP) is 0.0707. The number of hydrogen-bond donors (Lipinski definition) is 2. The molecule has 1 fully saturated rings. The third kappa shape index (κ3) is 5.99. The lowest BCUT2D eigenvalue weighted by molar-refractivity contribution is -0.147. The summed E-state index contributed by atoms with van der Waals surface area (Å²) in [6.45, 7) is 1.82. The van der Waals surface area contributed by atoms with Crippen molar-refractivity contribution in [3.8, 4) is 0 Å². The van der Waals surface area contributed by atoms with Gasteiger partial charge in [0.15, 0.2) is 0 Å². The molecule has 8 heteroatoms. The number of esters is 1. The zero-order chi connectivity index (χ0) is 15.8. The molecule has 0 aliphatic carbocycles. The molecule has 8 nitrogen and oxygen atoms in total. The van der Waals surface area contributed by atoms with Crippen LogP contribution in [0.4, 0.5) is 4.79 Å². The Bertz CT molecular complexity index is 381. The first-order valence-electron chi connectivity index (χ1n) is 6.83. The molecule has 2 amide bonds. The maximum absolute atomic E-state index is 12.0. The van der Waals surface area contributed by atoms with Crippen LogP contribution in [0.1, 0.15) is 19.3 Å². The van der Waals surface area contributed by atoms with Crippen LogP contribution in [0.5, 0.6) is 0 Å². The summed E-state index contributed by atoms with van der Waals surface area (Å²) >= 11 is 0. The highest BCUT2D eigenvalue weighted by Crippen LogP contribution is 2.14. The molecule has 0 aromatic carbocycles. The maximum Gasteiger partial charge on any atom is 0.326 e. The number of carbonyl (C=O) groups is 3. The number of urea groups is 1. The summed E-state index contributed by atoms with van der Waals surface area (Å²) in [5.41, 5.74) is 0. The predicted molar refractivity (Wildman–Crippen MR) is 72.8 cm³/mol. The Morgan fingerprint density at radius 1 is 1.48 bits per heavy atom. The normalized spacial score (nSPS) is 19.4. The zero-order valence-electron chi connectivity index (χ0n) is 12.3. The molecule has 1 rings (SSSR count). The van der Waals surface area contributed by atoms with Crippen LogP contribution >= 0.6 is 0 Å². The van der Waals surface area contributed by atoms with Gasteiger partial charge in [0.2, 0.25) is 0 Å². The lowest BCUT2D eigenvalue weighted by Gasteiger charge is -2.28. The third-order valence-corrected chi connectivity index (χ3v) is 3.33. The molecule has 1 aliphatic rings. The van der Waals surface area contributed by atoms with Crippen molar-refractivity contribution in [2.24, 2.45) is 5.92 Å². The van der Waals surface area contributed by atoms with Crippen molar-refractivity contribution in [2.75, 3.05) is 33.9 Å². The summed E-state index contributed by atoms with van der Waals surface area (Å²) < 4.78 is 9.75. The molecule has 0 bridgehead atoms. The molecule has 21 heavy (non-hydrogen) atoms. The van der Waals surface area contributed by atoms with E-state index in [0.29, 0.717) is 13.2 Å². The van der Waals surface area contributed by atoms with Crippen LogP contribution < -0.4 is 5.32 Å². The number of carbonyl (C=O) groups excluding carboxylic acids is 2. The Labute approximate surface area is 123 Å². The highest BCUT2D eigenvalue weighted by atomic mass is 16.5. The summed E-state index contributed by atoms with van der Waals surface area (Å²) in [6.07, 6.45) is 1.53. The van der Waals surface area contributed by atoms with Gasteiger partial charge in [0.25, 0.3) is 0 Å². The fourth-order valence-electron chi connectivity index (χ4n) is 2.13. The van der Waals surface area contributed by atoms with Crippen LogP contribution in [-0.4, -0.2) is 67.9 Å². The van der Waals surface area contributed by atoms with E-state index >= 15 is 0 Å². The molecular formula is C13H22N2O6. The van der Waals surface area contributed by atoms with Crippen molar-refractivity contribution in [1.29, 1.82) is 0 Å². The van der Waals surface area contributed by atoms with E-state index in [1.807, 2.05) is 0 Å². The van der Waals surface area contributed by atoms with Gasteiger partial charge < -0.3 is 24.8 Å². The van der Waals surface area contributed by atoms with Gasteiger partial charge in [-0.1, -0.05) is 0 Å². The lowest BCUT2D eigenvalue weighted by Crippen LogP contribution is -2.49. The molecule has 120 valence electrons. The lowest BCUT2D eigenvalue weighted by atomic mass is 10.0. The second kappa shape index (κ2) is 8.46. The Kier molecular flexibility index (Phi) is 6.93. The number of amides is 2. The first kappa shape index (κ1) is 17.2. The second-order valence-corrected chi connectivity index (χ2v) is 5.08. The molecule has 0 aromatic rings. The molecule has 1 heterocycles. The fourth-order valence-corrected chi connectivity index (χ4v) is 2.13. The highest BCUT2D eigenvalue weighted by molar-refractivity contribution is 5.86. The Hall–Kier alpha value is -1.83. The number of aliphatic carboxylic acids is 1. The quantitative estimate of drug-likeness (QED) is 0.673. The van der Waals surface area contributed by atoms with Crippen molar-refractivity contribution in [1.82, 2.24) is 10.2 Å². The van der Waals surface area contributed by atoms with Crippen LogP contribution in [0, 0.1) is 5.92 Å². The molecular weight excluding hydrogens is 280 g/mol. The molecule has 0 aromatic heterocycles. The van der Waals surface area contributed by atoms with Crippen LogP contribution in [0.25, 0.3) is 0 Å². The number of hydrogen-bond acceptors (Lipinski definition) is 5. The maximum atomic E-state index is 12.0. The summed E-state index contributed by atoms with van der Waals surface area (Å²) in [4.78, 5) is 35.5. The second-order valence-electron chi connectivity index (χ2n) is 5.08. The monoisotopic (exact) mass is 302 g/mol. The van der Waals surface area contributed by atoms with Crippen molar-refractivity contribution < 1.29 is 29.0 Å². The average Bonchev–Trinajstić information content (AvgIpc) is 2.47. The van der Waals surface area contributed by atoms with Crippen LogP contribution in [0.15, 0.2) is 0 Å². The summed E-state index contributed by atoms with van der Waals surface area (Å²) in [5, 5.41) is 11.3. The highest BCUT2D eigenvalue weighted by Gasteiger charge is 2.26. The van der Waals surface area contributed by atoms with Gasteiger partial charge in [-0.25, -0.2) is 9.59 Å². The minimum Gasteiger partial charge on any atom is -0.480 e. The number of rotatable bonds is 6. The number of carboxylic acids is 1. The van der Waals surface area contributed by atoms with Gasteiger partial charge in [0.1, 0.15) is 6.04 Å². The van der Waals surface area contributed by atoms with Crippen LogP contribution in [-0.2, 0) is 19.1 Å². The number of methoxy groups -OCH3 is 1. The standard InChI is InChI=1S/C13H22N2O6/c1-15(7-9-4-3-5-21-8-9)13(19)14-10(12(17)18)6-11(16)20-2/h9-10H,3-8H2,1-2H3,(H,14,19)(H,17,18)/t9?,10-/m0/s1. The van der Waals surface area contributed by atoms with Gasteiger partial charge in [-0.15, -0.1) is 0 Å². The Morgan fingerprint density at radius 3 is 2.71 bits per heavy atom. The van der Waals surface area contributed by atoms with Crippen molar-refractivity contribution in [3.63, 3.8) is 0 Å². The Balaban J connectivity index is 2.47. The van der Waals surface area contributed by atoms with Crippen molar-refractivity contribution >= 4 is 18.0 Å². The zero-order valence-corrected chi connectivity index (χ0v) is 12.3. The van der Waals surface area contributed by atoms with Gasteiger partial charge >= 0.3 is 18.0 Å². The average molecular weight is 302 g/mol. The third-order valence-electron chi connectivity index (χ3n) is 3.33. The van der Waals surface area contributed by atoms with E-state index < -0.39 is 30.4 Å². The van der Waals surface area contributed by atoms with E-state index in [9.17, 15) is 14.4 Å². The SMILES string of the molecule is COC(=O)C[C@H](NC(=O)N(C)CC1CCCOC1)C(=O)O. The first-order valence-corrected chi connectivity index (χ1v) is 6.83. The van der Waals surface area contributed by atoms with Crippen LogP contribution in [0.3, 0.4) is 0 Å². The number of nitrogens with zero attached hydrogens (tertiary/aromatic N) is 1. The minimum absolute atomic E-state index is 0.249.